The molecule has 176 valence electrons. The molecule has 0 aromatic heterocycles. The highest BCUT2D eigenvalue weighted by Crippen LogP contribution is 2.46. The normalized spacial score (nSPS) is 12.8. The van der Waals surface area contributed by atoms with Crippen LogP contribution in [-0.4, -0.2) is 18.4 Å². The highest BCUT2D eigenvalue weighted by molar-refractivity contribution is 6.38. The largest absolute Gasteiger partial charge is 0.492 e. The molecule has 0 unspecified atom stereocenters. The molecule has 0 radical (unpaired) electrons. The van der Waals surface area contributed by atoms with Gasteiger partial charge in [-0.3, -0.25) is 9.59 Å². The van der Waals surface area contributed by atoms with Crippen LogP contribution in [0.3, 0.4) is 0 Å². The van der Waals surface area contributed by atoms with E-state index in [1.54, 1.807) is 6.07 Å². The molecule has 4 aromatic rings. The van der Waals surface area contributed by atoms with Gasteiger partial charge in [0.25, 0.3) is 11.8 Å². The van der Waals surface area contributed by atoms with Crippen molar-refractivity contribution in [1.82, 2.24) is 0 Å². The molecular formula is C29H24FNO4. The maximum absolute atomic E-state index is 15.0. The summed E-state index contributed by atoms with van der Waals surface area (Å²) in [5.41, 5.74) is 1.78. The van der Waals surface area contributed by atoms with Gasteiger partial charge in [-0.05, 0) is 36.6 Å². The van der Waals surface area contributed by atoms with Gasteiger partial charge >= 0.3 is 0 Å². The molecule has 0 bridgehead atoms. The summed E-state index contributed by atoms with van der Waals surface area (Å²) < 4.78 is 27.1. The standard InChI is InChI=1S/C29H24FNO4/c1-3-18-14-15-23(22(30)16-18)31-28(32)24-25(29(31)33)27(35-17-19-10-6-5-7-11-19)21-13-9-8-12-20(21)26(24)34-4-2/h5-16H,3-4,17H2,1-2H3. The van der Waals surface area contributed by atoms with Gasteiger partial charge in [0.15, 0.2) is 0 Å². The molecule has 35 heavy (non-hydrogen) atoms. The van der Waals surface area contributed by atoms with Crippen molar-refractivity contribution in [3.8, 4) is 11.5 Å². The summed E-state index contributed by atoms with van der Waals surface area (Å²) in [7, 11) is 0. The summed E-state index contributed by atoms with van der Waals surface area (Å²) in [6.07, 6.45) is 0.636. The van der Waals surface area contributed by atoms with Crippen molar-refractivity contribution in [2.45, 2.75) is 26.9 Å². The molecule has 0 N–H and O–H groups in total. The van der Waals surface area contributed by atoms with Gasteiger partial charge in [-0.1, -0.05) is 67.6 Å². The molecule has 0 aliphatic carbocycles. The topological polar surface area (TPSA) is 55.8 Å². The number of hydrogen-bond acceptors (Lipinski definition) is 4. The van der Waals surface area contributed by atoms with Crippen LogP contribution in [0, 0.1) is 5.82 Å². The summed E-state index contributed by atoms with van der Waals surface area (Å²) in [6.45, 7) is 4.21. The summed E-state index contributed by atoms with van der Waals surface area (Å²) >= 11 is 0. The quantitative estimate of drug-likeness (QED) is 0.297. The van der Waals surface area contributed by atoms with E-state index < -0.39 is 17.6 Å². The maximum Gasteiger partial charge on any atom is 0.270 e. The molecule has 0 fully saturated rings. The van der Waals surface area contributed by atoms with E-state index in [0.717, 1.165) is 16.0 Å². The van der Waals surface area contributed by atoms with Crippen LogP contribution in [-0.2, 0) is 13.0 Å². The Hall–Kier alpha value is -4.19. The van der Waals surface area contributed by atoms with Gasteiger partial charge in [-0.15, -0.1) is 0 Å². The average Bonchev–Trinajstić information content (AvgIpc) is 3.14. The third-order valence-corrected chi connectivity index (χ3v) is 6.13. The van der Waals surface area contributed by atoms with Gasteiger partial charge < -0.3 is 9.47 Å². The minimum atomic E-state index is -0.636. The number of hydrogen-bond donors (Lipinski definition) is 0. The first-order chi connectivity index (χ1) is 17.0. The highest BCUT2D eigenvalue weighted by Gasteiger charge is 2.44. The van der Waals surface area contributed by atoms with Crippen molar-refractivity contribution >= 4 is 28.3 Å². The lowest BCUT2D eigenvalue weighted by Gasteiger charge is -2.16. The Morgan fingerprint density at radius 2 is 1.34 bits per heavy atom. The fraction of sp³-hybridized carbons (Fsp3) is 0.172. The van der Waals surface area contributed by atoms with Gasteiger partial charge in [-0.25, -0.2) is 9.29 Å². The molecule has 0 atom stereocenters. The summed E-state index contributed by atoms with van der Waals surface area (Å²) in [4.78, 5) is 28.3. The van der Waals surface area contributed by atoms with Crippen LogP contribution in [0.1, 0.15) is 45.7 Å². The molecule has 5 nitrogen and oxygen atoms in total. The summed E-state index contributed by atoms with van der Waals surface area (Å²) in [5, 5.41) is 1.30. The van der Waals surface area contributed by atoms with Crippen LogP contribution in [0.5, 0.6) is 11.5 Å². The Morgan fingerprint density at radius 3 is 1.91 bits per heavy atom. The predicted molar refractivity (Wildman–Crippen MR) is 133 cm³/mol. The van der Waals surface area contributed by atoms with E-state index in [9.17, 15) is 9.59 Å². The molecule has 4 aromatic carbocycles. The highest BCUT2D eigenvalue weighted by atomic mass is 19.1. The van der Waals surface area contributed by atoms with Gasteiger partial charge in [0.2, 0.25) is 0 Å². The van der Waals surface area contributed by atoms with Gasteiger partial charge in [0, 0.05) is 10.8 Å². The Kier molecular flexibility index (Phi) is 5.95. The van der Waals surface area contributed by atoms with Crippen molar-refractivity contribution in [1.29, 1.82) is 0 Å². The molecule has 0 saturated heterocycles. The maximum atomic E-state index is 15.0. The zero-order valence-electron chi connectivity index (χ0n) is 19.5. The Morgan fingerprint density at radius 1 is 0.743 bits per heavy atom. The number of imide groups is 1. The van der Waals surface area contributed by atoms with Crippen LogP contribution in [0.4, 0.5) is 10.1 Å². The van der Waals surface area contributed by atoms with Crippen molar-refractivity contribution in [3.05, 3.63) is 101 Å². The minimum Gasteiger partial charge on any atom is -0.492 e. The average molecular weight is 470 g/mol. The molecule has 1 heterocycles. The lowest BCUT2D eigenvalue weighted by atomic mass is 9.99. The third-order valence-electron chi connectivity index (χ3n) is 6.13. The van der Waals surface area contributed by atoms with Crippen LogP contribution in [0.15, 0.2) is 72.8 Å². The Labute approximate surface area is 202 Å². The van der Waals surface area contributed by atoms with E-state index in [4.69, 9.17) is 9.47 Å². The van der Waals surface area contributed by atoms with Crippen LogP contribution in [0.2, 0.25) is 0 Å². The number of benzene rings is 4. The number of carbonyl (C=O) groups excluding carboxylic acids is 2. The molecular weight excluding hydrogens is 445 g/mol. The predicted octanol–water partition coefficient (Wildman–Crippen LogP) is 6.32. The van der Waals surface area contributed by atoms with E-state index in [1.165, 1.54) is 12.1 Å². The van der Waals surface area contributed by atoms with Gasteiger partial charge in [-0.2, -0.15) is 0 Å². The Bertz CT molecular complexity index is 1450. The number of amides is 2. The number of halogens is 1. The van der Waals surface area contributed by atoms with Crippen molar-refractivity contribution in [3.63, 3.8) is 0 Å². The molecule has 0 saturated carbocycles. The number of aryl methyl sites for hydroxylation is 1. The first-order valence-electron chi connectivity index (χ1n) is 11.6. The van der Waals surface area contributed by atoms with Crippen LogP contribution in [0.25, 0.3) is 10.8 Å². The fourth-order valence-corrected chi connectivity index (χ4v) is 4.44. The SMILES string of the molecule is CCOc1c2c(c(OCc3ccccc3)c3ccccc13)C(=O)N(c1ccc(CC)cc1F)C2=O. The van der Waals surface area contributed by atoms with Crippen molar-refractivity contribution < 1.29 is 23.5 Å². The zero-order valence-corrected chi connectivity index (χ0v) is 19.5. The molecule has 5 rings (SSSR count). The number of anilines is 1. The zero-order chi connectivity index (χ0) is 24.5. The second-order valence-corrected chi connectivity index (χ2v) is 8.25. The second-order valence-electron chi connectivity index (χ2n) is 8.25. The summed E-state index contributed by atoms with van der Waals surface area (Å²) in [6, 6.07) is 21.4. The van der Waals surface area contributed by atoms with Crippen LogP contribution < -0.4 is 14.4 Å². The first-order valence-corrected chi connectivity index (χ1v) is 11.6. The number of nitrogens with zero attached hydrogens (tertiary/aromatic N) is 1. The van der Waals surface area contributed by atoms with E-state index in [-0.39, 0.29) is 29.2 Å². The minimum absolute atomic E-state index is 0.0890. The van der Waals surface area contributed by atoms with Crippen LogP contribution >= 0.6 is 0 Å². The van der Waals surface area contributed by atoms with E-state index in [0.29, 0.717) is 29.5 Å². The molecule has 0 spiro atoms. The van der Waals surface area contributed by atoms with E-state index in [2.05, 4.69) is 0 Å². The van der Waals surface area contributed by atoms with Crippen molar-refractivity contribution in [2.24, 2.45) is 0 Å². The first kappa shape index (κ1) is 22.6. The molecule has 2 amide bonds. The second kappa shape index (κ2) is 9.22. The Balaban J connectivity index is 1.71. The van der Waals surface area contributed by atoms with E-state index >= 15 is 4.39 Å². The molecule has 1 aliphatic rings. The number of fused-ring (bicyclic) bond motifs is 2. The third kappa shape index (κ3) is 3.81. The van der Waals surface area contributed by atoms with Crippen molar-refractivity contribution in [2.75, 3.05) is 11.5 Å². The van der Waals surface area contributed by atoms with Gasteiger partial charge in [0.05, 0.1) is 23.4 Å². The number of ether oxygens (including phenoxy) is 2. The molecule has 6 heteroatoms. The summed E-state index contributed by atoms with van der Waals surface area (Å²) in [5.74, 6) is -1.31. The lowest BCUT2D eigenvalue weighted by Crippen LogP contribution is -2.30. The monoisotopic (exact) mass is 469 g/mol. The number of carbonyl (C=O) groups is 2. The molecule has 1 aliphatic heterocycles. The van der Waals surface area contributed by atoms with Gasteiger partial charge in [0.1, 0.15) is 23.9 Å². The fourth-order valence-electron chi connectivity index (χ4n) is 4.44. The van der Waals surface area contributed by atoms with E-state index in [1.807, 2.05) is 68.4 Å². The smallest absolute Gasteiger partial charge is 0.270 e. The number of rotatable bonds is 7. The lowest BCUT2D eigenvalue weighted by molar-refractivity contribution is 0.0923.